The highest BCUT2D eigenvalue weighted by Crippen LogP contribution is 2.34. The fraction of sp³-hybridized carbons (Fsp3) is 0.273. The van der Waals surface area contributed by atoms with Crippen LogP contribution in [0, 0.1) is 5.92 Å². The topological polar surface area (TPSA) is 12.0 Å². The molecule has 1 unspecified atom stereocenters. The average molecular weight is 303 g/mol. The molecule has 0 aromatic heterocycles. The SMILES string of the molecule is C=C1CC(C)Cc2c(cccc2C(=C)CCc2ccccc2)N1. The Morgan fingerprint density at radius 1 is 1.09 bits per heavy atom. The number of hydrogen-bond donors (Lipinski definition) is 1. The summed E-state index contributed by atoms with van der Waals surface area (Å²) >= 11 is 0. The summed E-state index contributed by atoms with van der Waals surface area (Å²) < 4.78 is 0. The summed E-state index contributed by atoms with van der Waals surface area (Å²) in [5.41, 5.74) is 7.63. The van der Waals surface area contributed by atoms with Crippen LogP contribution >= 0.6 is 0 Å². The summed E-state index contributed by atoms with van der Waals surface area (Å²) in [4.78, 5) is 0. The van der Waals surface area contributed by atoms with E-state index in [-0.39, 0.29) is 0 Å². The van der Waals surface area contributed by atoms with Crippen molar-refractivity contribution in [3.63, 3.8) is 0 Å². The monoisotopic (exact) mass is 303 g/mol. The Morgan fingerprint density at radius 3 is 2.65 bits per heavy atom. The minimum atomic E-state index is 0.610. The lowest BCUT2D eigenvalue weighted by molar-refractivity contribution is 0.585. The zero-order valence-electron chi connectivity index (χ0n) is 13.9. The third kappa shape index (κ3) is 3.73. The highest BCUT2D eigenvalue weighted by Gasteiger charge is 2.18. The van der Waals surface area contributed by atoms with Gasteiger partial charge in [0, 0.05) is 11.4 Å². The van der Waals surface area contributed by atoms with E-state index in [4.69, 9.17) is 0 Å². The molecule has 0 saturated carbocycles. The first-order chi connectivity index (χ1) is 11.1. The first-order valence-corrected chi connectivity index (χ1v) is 8.42. The van der Waals surface area contributed by atoms with Crippen LogP contribution < -0.4 is 5.32 Å². The summed E-state index contributed by atoms with van der Waals surface area (Å²) in [6.45, 7) is 10.8. The molecule has 0 fully saturated rings. The zero-order chi connectivity index (χ0) is 16.2. The van der Waals surface area contributed by atoms with E-state index in [1.54, 1.807) is 0 Å². The van der Waals surface area contributed by atoms with E-state index in [1.807, 2.05) is 0 Å². The number of hydrogen-bond acceptors (Lipinski definition) is 1. The van der Waals surface area contributed by atoms with Crippen molar-refractivity contribution < 1.29 is 0 Å². The summed E-state index contributed by atoms with van der Waals surface area (Å²) in [5.74, 6) is 0.610. The molecular formula is C22H25N. The molecule has 1 atom stereocenters. The van der Waals surface area contributed by atoms with Gasteiger partial charge in [-0.3, -0.25) is 0 Å². The summed E-state index contributed by atoms with van der Waals surface area (Å²) in [5, 5.41) is 3.49. The lowest BCUT2D eigenvalue weighted by Gasteiger charge is -2.16. The van der Waals surface area contributed by atoms with E-state index in [1.165, 1.54) is 28.0 Å². The van der Waals surface area contributed by atoms with Crippen LogP contribution in [0.1, 0.15) is 36.5 Å². The van der Waals surface area contributed by atoms with Gasteiger partial charge in [0.2, 0.25) is 0 Å². The van der Waals surface area contributed by atoms with E-state index in [0.29, 0.717) is 5.92 Å². The second-order valence-electron chi connectivity index (χ2n) is 6.66. The van der Waals surface area contributed by atoms with Crippen LogP contribution in [-0.2, 0) is 12.8 Å². The van der Waals surface area contributed by atoms with Gasteiger partial charge in [0.1, 0.15) is 0 Å². The van der Waals surface area contributed by atoms with Gasteiger partial charge in [0.25, 0.3) is 0 Å². The van der Waals surface area contributed by atoms with Crippen LogP contribution in [0.15, 0.2) is 67.4 Å². The molecule has 23 heavy (non-hydrogen) atoms. The van der Waals surface area contributed by atoms with Crippen molar-refractivity contribution in [2.45, 2.75) is 32.6 Å². The molecule has 2 aromatic carbocycles. The first-order valence-electron chi connectivity index (χ1n) is 8.42. The normalized spacial score (nSPS) is 17.1. The molecule has 0 amide bonds. The van der Waals surface area contributed by atoms with Crippen molar-refractivity contribution in [2.75, 3.05) is 5.32 Å². The molecule has 3 rings (SSSR count). The third-order valence-electron chi connectivity index (χ3n) is 4.57. The van der Waals surface area contributed by atoms with Crippen molar-refractivity contribution in [3.05, 3.63) is 84.1 Å². The zero-order valence-corrected chi connectivity index (χ0v) is 13.9. The molecule has 0 saturated heterocycles. The summed E-state index contributed by atoms with van der Waals surface area (Å²) in [7, 11) is 0. The number of nitrogens with one attached hydrogen (secondary N) is 1. The Morgan fingerprint density at radius 2 is 1.87 bits per heavy atom. The van der Waals surface area contributed by atoms with E-state index in [2.05, 4.69) is 73.9 Å². The smallest absolute Gasteiger partial charge is 0.0420 e. The van der Waals surface area contributed by atoms with Crippen molar-refractivity contribution in [3.8, 4) is 0 Å². The van der Waals surface area contributed by atoms with Gasteiger partial charge in [-0.1, -0.05) is 62.5 Å². The molecule has 1 heterocycles. The Labute approximate surface area is 139 Å². The number of aryl methyl sites for hydroxylation is 1. The standard InChI is InChI=1S/C22H25N/c1-16-14-18(3)23-22-11-7-10-20(21(22)15-16)17(2)12-13-19-8-5-4-6-9-19/h4-11,16,23H,2-3,12-15H2,1H3. The van der Waals surface area contributed by atoms with E-state index in [9.17, 15) is 0 Å². The molecule has 2 aromatic rings. The second kappa shape index (κ2) is 6.87. The van der Waals surface area contributed by atoms with Gasteiger partial charge in [0.15, 0.2) is 0 Å². The molecule has 1 heteroatoms. The molecular weight excluding hydrogens is 278 g/mol. The van der Waals surface area contributed by atoms with Crippen molar-refractivity contribution >= 4 is 11.3 Å². The Kier molecular flexibility index (Phi) is 4.66. The Balaban J connectivity index is 1.81. The van der Waals surface area contributed by atoms with Gasteiger partial charge in [-0.05, 0) is 59.9 Å². The van der Waals surface area contributed by atoms with Crippen LogP contribution in [-0.4, -0.2) is 0 Å². The maximum Gasteiger partial charge on any atom is 0.0420 e. The Bertz CT molecular complexity index is 712. The second-order valence-corrected chi connectivity index (χ2v) is 6.66. The van der Waals surface area contributed by atoms with Crippen LogP contribution in [0.2, 0.25) is 0 Å². The quantitative estimate of drug-likeness (QED) is 0.748. The maximum absolute atomic E-state index is 4.37. The fourth-order valence-electron chi connectivity index (χ4n) is 3.41. The molecule has 1 aliphatic rings. The predicted octanol–water partition coefficient (Wildman–Crippen LogP) is 5.84. The van der Waals surface area contributed by atoms with Crippen LogP contribution in [0.25, 0.3) is 5.57 Å². The number of benzene rings is 2. The number of allylic oxidation sites excluding steroid dienone is 2. The molecule has 1 N–H and O–H groups in total. The minimum absolute atomic E-state index is 0.610. The van der Waals surface area contributed by atoms with Gasteiger partial charge in [-0.25, -0.2) is 0 Å². The van der Waals surface area contributed by atoms with E-state index in [0.717, 1.165) is 31.4 Å². The lowest BCUT2D eigenvalue weighted by Crippen LogP contribution is -2.01. The minimum Gasteiger partial charge on any atom is -0.359 e. The molecule has 0 bridgehead atoms. The van der Waals surface area contributed by atoms with Crippen molar-refractivity contribution in [1.82, 2.24) is 0 Å². The number of fused-ring (bicyclic) bond motifs is 1. The molecule has 1 nitrogen and oxygen atoms in total. The summed E-state index contributed by atoms with van der Waals surface area (Å²) in [6, 6.07) is 17.1. The van der Waals surface area contributed by atoms with Gasteiger partial charge >= 0.3 is 0 Å². The fourth-order valence-corrected chi connectivity index (χ4v) is 3.41. The van der Waals surface area contributed by atoms with E-state index >= 15 is 0 Å². The average Bonchev–Trinajstić information content (AvgIpc) is 2.69. The first kappa shape index (κ1) is 15.6. The highest BCUT2D eigenvalue weighted by molar-refractivity contribution is 5.73. The lowest BCUT2D eigenvalue weighted by atomic mass is 9.90. The number of rotatable bonds is 4. The Hall–Kier alpha value is -2.28. The van der Waals surface area contributed by atoms with Gasteiger partial charge in [0.05, 0.1) is 0 Å². The number of anilines is 1. The highest BCUT2D eigenvalue weighted by atomic mass is 14.9. The van der Waals surface area contributed by atoms with Crippen LogP contribution in [0.3, 0.4) is 0 Å². The van der Waals surface area contributed by atoms with Crippen LogP contribution in [0.4, 0.5) is 5.69 Å². The molecule has 1 aliphatic heterocycles. The van der Waals surface area contributed by atoms with Gasteiger partial charge < -0.3 is 5.32 Å². The molecule has 118 valence electrons. The molecule has 0 radical (unpaired) electrons. The van der Waals surface area contributed by atoms with Gasteiger partial charge in [-0.15, -0.1) is 0 Å². The van der Waals surface area contributed by atoms with Gasteiger partial charge in [-0.2, -0.15) is 0 Å². The van der Waals surface area contributed by atoms with E-state index < -0.39 is 0 Å². The van der Waals surface area contributed by atoms with Crippen molar-refractivity contribution in [1.29, 1.82) is 0 Å². The van der Waals surface area contributed by atoms with Crippen molar-refractivity contribution in [2.24, 2.45) is 5.92 Å². The third-order valence-corrected chi connectivity index (χ3v) is 4.57. The maximum atomic E-state index is 4.37. The molecule has 0 aliphatic carbocycles. The summed E-state index contributed by atoms with van der Waals surface area (Å²) in [6.07, 6.45) is 4.15. The largest absolute Gasteiger partial charge is 0.359 e. The van der Waals surface area contributed by atoms with Crippen LogP contribution in [0.5, 0.6) is 0 Å². The molecule has 0 spiro atoms. The predicted molar refractivity (Wildman–Crippen MR) is 100 cm³/mol.